The Morgan fingerprint density at radius 2 is 1.73 bits per heavy atom. The average Bonchev–Trinajstić information content (AvgIpc) is 3.02. The number of sulfonamides is 1. The Bertz CT molecular complexity index is 1240. The highest BCUT2D eigenvalue weighted by molar-refractivity contribution is 7.89. The minimum atomic E-state index is -3.59. The molecule has 0 aliphatic carbocycles. The number of nitrogens with zero attached hydrogens (tertiary/aromatic N) is 5. The van der Waals surface area contributed by atoms with Gasteiger partial charge in [-0.05, 0) is 44.0 Å². The van der Waals surface area contributed by atoms with Crippen LogP contribution in [0.4, 0.5) is 0 Å². The zero-order valence-electron chi connectivity index (χ0n) is 17.6. The second kappa shape index (κ2) is 7.48. The van der Waals surface area contributed by atoms with E-state index in [-0.39, 0.29) is 19.0 Å². The molecule has 1 amide bonds. The highest BCUT2D eigenvalue weighted by Gasteiger charge is 2.31. The average molecular weight is 428 g/mol. The van der Waals surface area contributed by atoms with Crippen LogP contribution in [-0.2, 0) is 17.1 Å². The zero-order valence-corrected chi connectivity index (χ0v) is 18.4. The summed E-state index contributed by atoms with van der Waals surface area (Å²) in [7, 11) is -1.77. The van der Waals surface area contributed by atoms with Gasteiger partial charge in [-0.2, -0.15) is 9.40 Å². The van der Waals surface area contributed by atoms with Gasteiger partial charge < -0.3 is 4.90 Å². The molecule has 0 unspecified atom stereocenters. The first-order chi connectivity index (χ1) is 14.2. The fourth-order valence-corrected chi connectivity index (χ4v) is 5.60. The van der Waals surface area contributed by atoms with Crippen molar-refractivity contribution in [3.8, 4) is 0 Å². The molecule has 0 atom stereocenters. The molecule has 1 aliphatic rings. The summed E-state index contributed by atoms with van der Waals surface area (Å²) in [6.07, 6.45) is 1.56. The Kier molecular flexibility index (Phi) is 5.11. The quantitative estimate of drug-likeness (QED) is 0.638. The van der Waals surface area contributed by atoms with Crippen molar-refractivity contribution in [2.45, 2.75) is 25.7 Å². The number of rotatable bonds is 3. The topological polar surface area (TPSA) is 88.4 Å². The van der Waals surface area contributed by atoms with E-state index < -0.39 is 10.0 Å². The van der Waals surface area contributed by atoms with Crippen molar-refractivity contribution in [2.24, 2.45) is 7.05 Å². The largest absolute Gasteiger partial charge is 0.336 e. The molecule has 0 saturated carbocycles. The van der Waals surface area contributed by atoms with Gasteiger partial charge in [-0.3, -0.25) is 9.48 Å². The molecule has 4 rings (SSSR count). The fraction of sp³-hybridized carbons (Fsp3) is 0.381. The van der Waals surface area contributed by atoms with Crippen LogP contribution in [0.1, 0.15) is 27.2 Å². The van der Waals surface area contributed by atoms with E-state index in [1.165, 1.54) is 4.31 Å². The van der Waals surface area contributed by atoms with E-state index in [1.807, 2.05) is 39.1 Å². The van der Waals surface area contributed by atoms with Crippen LogP contribution in [0.15, 0.2) is 35.4 Å². The van der Waals surface area contributed by atoms with E-state index in [0.717, 1.165) is 27.9 Å². The molecule has 3 aromatic rings. The third-order valence-corrected chi connectivity index (χ3v) is 7.64. The molecule has 9 heteroatoms. The number of benzene rings is 1. The summed E-state index contributed by atoms with van der Waals surface area (Å²) < 4.78 is 29.3. The van der Waals surface area contributed by atoms with Gasteiger partial charge in [0.2, 0.25) is 10.0 Å². The van der Waals surface area contributed by atoms with Crippen LogP contribution >= 0.6 is 0 Å². The minimum Gasteiger partial charge on any atom is -0.336 e. The van der Waals surface area contributed by atoms with E-state index >= 15 is 0 Å². The summed E-state index contributed by atoms with van der Waals surface area (Å²) in [6.45, 7) is 6.78. The van der Waals surface area contributed by atoms with E-state index in [9.17, 15) is 13.2 Å². The lowest BCUT2D eigenvalue weighted by molar-refractivity contribution is 0.0697. The van der Waals surface area contributed by atoms with Gasteiger partial charge in [0.05, 0.1) is 16.2 Å². The monoisotopic (exact) mass is 427 g/mol. The van der Waals surface area contributed by atoms with Crippen LogP contribution < -0.4 is 0 Å². The predicted octanol–water partition coefficient (Wildman–Crippen LogP) is 2.04. The standard InChI is InChI=1S/C21H25N5O3S/c1-14-5-6-15(2)19(11-14)30(28,29)26-9-7-25(8-10-26)21(27)17-12-18-16(3)23-24(4)20(18)22-13-17/h5-6,11-13H,7-10H2,1-4H3. The maximum atomic E-state index is 13.1. The molecule has 158 valence electrons. The maximum Gasteiger partial charge on any atom is 0.255 e. The first kappa shape index (κ1) is 20.5. The van der Waals surface area contributed by atoms with Crippen molar-refractivity contribution in [1.29, 1.82) is 0 Å². The molecule has 0 radical (unpaired) electrons. The number of hydrogen-bond donors (Lipinski definition) is 0. The normalized spacial score (nSPS) is 15.7. The summed E-state index contributed by atoms with van der Waals surface area (Å²) in [5.41, 5.74) is 3.67. The number of carbonyl (C=O) groups is 1. The first-order valence-electron chi connectivity index (χ1n) is 9.84. The lowest BCUT2D eigenvalue weighted by atomic mass is 10.2. The third kappa shape index (κ3) is 3.48. The van der Waals surface area contributed by atoms with Gasteiger partial charge in [0.25, 0.3) is 5.91 Å². The molecule has 0 bridgehead atoms. The van der Waals surface area contributed by atoms with Gasteiger partial charge in [-0.25, -0.2) is 13.4 Å². The summed E-state index contributed by atoms with van der Waals surface area (Å²) in [4.78, 5) is 19.4. The minimum absolute atomic E-state index is 0.142. The molecule has 1 aliphatic heterocycles. The summed E-state index contributed by atoms with van der Waals surface area (Å²) in [5.74, 6) is -0.142. The highest BCUT2D eigenvalue weighted by Crippen LogP contribution is 2.23. The van der Waals surface area contributed by atoms with Gasteiger partial charge in [0, 0.05) is 44.8 Å². The smallest absolute Gasteiger partial charge is 0.255 e. The Morgan fingerprint density at radius 3 is 2.43 bits per heavy atom. The number of carbonyl (C=O) groups excluding carboxylic acids is 1. The summed E-state index contributed by atoms with van der Waals surface area (Å²) in [6, 6.07) is 7.25. The van der Waals surface area contributed by atoms with Crippen molar-refractivity contribution >= 4 is 27.0 Å². The van der Waals surface area contributed by atoms with Crippen molar-refractivity contribution in [1.82, 2.24) is 24.0 Å². The van der Waals surface area contributed by atoms with Gasteiger partial charge in [-0.1, -0.05) is 12.1 Å². The Balaban J connectivity index is 1.51. The van der Waals surface area contributed by atoms with Crippen LogP contribution in [0.3, 0.4) is 0 Å². The number of piperazine rings is 1. The molecular weight excluding hydrogens is 402 g/mol. The molecule has 8 nitrogen and oxygen atoms in total. The molecular formula is C21H25N5O3S. The number of pyridine rings is 1. The van der Waals surface area contributed by atoms with Crippen LogP contribution in [0.5, 0.6) is 0 Å². The SMILES string of the molecule is Cc1ccc(C)c(S(=O)(=O)N2CCN(C(=O)c3cnc4c(c3)c(C)nn4C)CC2)c1. The molecule has 1 aromatic carbocycles. The Hall–Kier alpha value is -2.78. The van der Waals surface area contributed by atoms with Crippen LogP contribution in [-0.4, -0.2) is 64.5 Å². The zero-order chi connectivity index (χ0) is 21.6. The molecule has 0 spiro atoms. The lowest BCUT2D eigenvalue weighted by Crippen LogP contribution is -2.50. The van der Waals surface area contributed by atoms with Crippen molar-refractivity contribution < 1.29 is 13.2 Å². The van der Waals surface area contributed by atoms with Gasteiger partial charge >= 0.3 is 0 Å². The molecule has 2 aromatic heterocycles. The van der Waals surface area contributed by atoms with Crippen molar-refractivity contribution in [3.63, 3.8) is 0 Å². The summed E-state index contributed by atoms with van der Waals surface area (Å²) >= 11 is 0. The number of aryl methyl sites for hydroxylation is 4. The number of fused-ring (bicyclic) bond motifs is 1. The fourth-order valence-electron chi connectivity index (χ4n) is 3.86. The molecule has 3 heterocycles. The van der Waals surface area contributed by atoms with E-state index in [2.05, 4.69) is 10.1 Å². The number of hydrogen-bond acceptors (Lipinski definition) is 5. The second-order valence-corrected chi connectivity index (χ2v) is 9.68. The van der Waals surface area contributed by atoms with E-state index in [1.54, 1.807) is 28.8 Å². The van der Waals surface area contributed by atoms with Crippen LogP contribution in [0, 0.1) is 20.8 Å². The molecule has 1 saturated heterocycles. The third-order valence-electron chi connectivity index (χ3n) is 5.60. The molecule has 30 heavy (non-hydrogen) atoms. The highest BCUT2D eigenvalue weighted by atomic mass is 32.2. The van der Waals surface area contributed by atoms with Crippen LogP contribution in [0.2, 0.25) is 0 Å². The van der Waals surface area contributed by atoms with Crippen LogP contribution in [0.25, 0.3) is 11.0 Å². The molecule has 1 fully saturated rings. The Morgan fingerprint density at radius 1 is 1.03 bits per heavy atom. The maximum absolute atomic E-state index is 13.1. The van der Waals surface area contributed by atoms with Gasteiger partial charge in [-0.15, -0.1) is 0 Å². The van der Waals surface area contributed by atoms with E-state index in [0.29, 0.717) is 23.5 Å². The van der Waals surface area contributed by atoms with Crippen molar-refractivity contribution in [3.05, 3.63) is 52.8 Å². The second-order valence-electron chi connectivity index (χ2n) is 7.77. The molecule has 0 N–H and O–H groups in total. The van der Waals surface area contributed by atoms with E-state index in [4.69, 9.17) is 0 Å². The van der Waals surface area contributed by atoms with Crippen molar-refractivity contribution in [2.75, 3.05) is 26.2 Å². The van der Waals surface area contributed by atoms with Gasteiger partial charge in [0.1, 0.15) is 0 Å². The predicted molar refractivity (Wildman–Crippen MR) is 114 cm³/mol. The van der Waals surface area contributed by atoms with Gasteiger partial charge in [0.15, 0.2) is 5.65 Å². The summed E-state index contributed by atoms with van der Waals surface area (Å²) in [5, 5.41) is 5.18. The number of aromatic nitrogens is 3. The number of amides is 1. The first-order valence-corrected chi connectivity index (χ1v) is 11.3. The lowest BCUT2D eigenvalue weighted by Gasteiger charge is -2.34. The Labute approximate surface area is 176 Å².